The molecule has 2 nitrogen and oxygen atoms in total. The van der Waals surface area contributed by atoms with Crippen molar-refractivity contribution in [2.24, 2.45) is 11.1 Å². The minimum atomic E-state index is -0.102. The van der Waals surface area contributed by atoms with Crippen molar-refractivity contribution in [3.63, 3.8) is 0 Å². The van der Waals surface area contributed by atoms with Crippen LogP contribution in [0.15, 0.2) is 24.3 Å². The number of hydrogen-bond acceptors (Lipinski definition) is 2. The van der Waals surface area contributed by atoms with Crippen LogP contribution in [-0.4, -0.2) is 11.8 Å². The van der Waals surface area contributed by atoms with E-state index in [0.717, 1.165) is 5.56 Å². The Balaban J connectivity index is 2.73. The average molecular weight is 247 g/mol. The van der Waals surface area contributed by atoms with Gasteiger partial charge in [0, 0.05) is 18.0 Å². The highest BCUT2D eigenvalue weighted by Crippen LogP contribution is 2.22. The first-order valence-corrected chi connectivity index (χ1v) is 6.60. The molecule has 2 N–H and O–H groups in total. The van der Waals surface area contributed by atoms with Crippen LogP contribution in [0.4, 0.5) is 0 Å². The first kappa shape index (κ1) is 14.9. The number of nitrogens with two attached hydrogens (primary N) is 1. The largest absolute Gasteiger partial charge is 0.327 e. The van der Waals surface area contributed by atoms with Gasteiger partial charge in [0.05, 0.1) is 0 Å². The summed E-state index contributed by atoms with van der Waals surface area (Å²) in [6, 6.07) is 7.77. The summed E-state index contributed by atoms with van der Waals surface area (Å²) in [4.78, 5) is 12.1. The molecule has 0 spiro atoms. The molecule has 1 aromatic rings. The van der Waals surface area contributed by atoms with Gasteiger partial charge in [0.2, 0.25) is 0 Å². The molecule has 0 aromatic heterocycles. The summed E-state index contributed by atoms with van der Waals surface area (Å²) in [5.74, 6) is 0.624. The van der Waals surface area contributed by atoms with Gasteiger partial charge in [0.1, 0.15) is 0 Å². The maximum atomic E-state index is 12.1. The first-order valence-electron chi connectivity index (χ1n) is 6.60. The van der Waals surface area contributed by atoms with Crippen LogP contribution in [0.1, 0.15) is 62.9 Å². The normalized spacial score (nSPS) is 13.7. The Labute approximate surface area is 111 Å². The van der Waals surface area contributed by atoms with E-state index in [1.54, 1.807) is 0 Å². The number of ketones is 1. The summed E-state index contributed by atoms with van der Waals surface area (Å²) >= 11 is 0. The maximum absolute atomic E-state index is 12.1. The van der Waals surface area contributed by atoms with Crippen molar-refractivity contribution in [2.75, 3.05) is 0 Å². The molecule has 2 heteroatoms. The Morgan fingerprint density at radius 1 is 1.17 bits per heavy atom. The minimum absolute atomic E-state index is 0.0342. The molecule has 0 aliphatic rings. The molecule has 1 unspecified atom stereocenters. The lowest BCUT2D eigenvalue weighted by atomic mass is 9.83. The van der Waals surface area contributed by atoms with E-state index in [-0.39, 0.29) is 17.2 Å². The molecule has 0 bridgehead atoms. The SMILES string of the molecule is CC(C)c1ccc(C(=O)CC(N)C(C)(C)C)cc1. The van der Waals surface area contributed by atoms with E-state index in [9.17, 15) is 4.79 Å². The second-order valence-corrected chi connectivity index (χ2v) is 6.38. The van der Waals surface area contributed by atoms with Gasteiger partial charge in [-0.3, -0.25) is 4.79 Å². The van der Waals surface area contributed by atoms with Gasteiger partial charge in [-0.25, -0.2) is 0 Å². The third-order valence-electron chi connectivity index (χ3n) is 3.42. The molecule has 18 heavy (non-hydrogen) atoms. The first-order chi connectivity index (χ1) is 8.21. The molecule has 1 rings (SSSR count). The second-order valence-electron chi connectivity index (χ2n) is 6.38. The molecule has 0 radical (unpaired) electrons. The smallest absolute Gasteiger partial charge is 0.164 e. The average Bonchev–Trinajstić information content (AvgIpc) is 2.27. The van der Waals surface area contributed by atoms with Gasteiger partial charge in [0.25, 0.3) is 0 Å². The molecular weight excluding hydrogens is 222 g/mol. The summed E-state index contributed by atoms with van der Waals surface area (Å²) in [5, 5.41) is 0. The molecule has 0 amide bonds. The monoisotopic (exact) mass is 247 g/mol. The van der Waals surface area contributed by atoms with Crippen LogP contribution in [-0.2, 0) is 0 Å². The van der Waals surface area contributed by atoms with Crippen LogP contribution in [0.25, 0.3) is 0 Å². The fourth-order valence-electron chi connectivity index (χ4n) is 1.68. The fraction of sp³-hybridized carbons (Fsp3) is 0.562. The minimum Gasteiger partial charge on any atom is -0.327 e. The molecule has 100 valence electrons. The van der Waals surface area contributed by atoms with Crippen LogP contribution >= 0.6 is 0 Å². The van der Waals surface area contributed by atoms with Crippen molar-refractivity contribution < 1.29 is 4.79 Å². The third kappa shape index (κ3) is 3.95. The molecule has 0 saturated heterocycles. The van der Waals surface area contributed by atoms with E-state index in [1.165, 1.54) is 5.56 Å². The van der Waals surface area contributed by atoms with E-state index in [0.29, 0.717) is 12.3 Å². The zero-order chi connectivity index (χ0) is 13.9. The van der Waals surface area contributed by atoms with E-state index in [4.69, 9.17) is 5.73 Å². The number of benzene rings is 1. The summed E-state index contributed by atoms with van der Waals surface area (Å²) < 4.78 is 0. The topological polar surface area (TPSA) is 43.1 Å². The molecule has 0 saturated carbocycles. The Morgan fingerprint density at radius 2 is 1.67 bits per heavy atom. The van der Waals surface area contributed by atoms with Gasteiger partial charge in [-0.2, -0.15) is 0 Å². The highest BCUT2D eigenvalue weighted by atomic mass is 16.1. The van der Waals surface area contributed by atoms with Crippen molar-refractivity contribution in [3.8, 4) is 0 Å². The third-order valence-corrected chi connectivity index (χ3v) is 3.42. The summed E-state index contributed by atoms with van der Waals surface area (Å²) in [5.41, 5.74) is 8.03. The molecule has 0 heterocycles. The summed E-state index contributed by atoms with van der Waals surface area (Å²) in [7, 11) is 0. The summed E-state index contributed by atoms with van der Waals surface area (Å²) in [6.07, 6.45) is 0.407. The van der Waals surface area contributed by atoms with E-state index >= 15 is 0 Å². The zero-order valence-electron chi connectivity index (χ0n) is 12.2. The van der Waals surface area contributed by atoms with Gasteiger partial charge >= 0.3 is 0 Å². The number of Topliss-reactive ketones (excluding diaryl/α,β-unsaturated/α-hetero) is 1. The standard InChI is InChI=1S/C16H25NO/c1-11(2)12-6-8-13(9-7-12)14(18)10-15(17)16(3,4)5/h6-9,11,15H,10,17H2,1-5H3. The number of rotatable bonds is 4. The number of carbonyl (C=O) groups is 1. The molecular formula is C16H25NO. The fourth-order valence-corrected chi connectivity index (χ4v) is 1.68. The van der Waals surface area contributed by atoms with E-state index < -0.39 is 0 Å². The van der Waals surface area contributed by atoms with Gasteiger partial charge in [-0.15, -0.1) is 0 Å². The predicted octanol–water partition coefficient (Wildman–Crippen LogP) is 3.76. The van der Waals surface area contributed by atoms with Gasteiger partial charge < -0.3 is 5.73 Å². The molecule has 1 atom stereocenters. The van der Waals surface area contributed by atoms with Crippen molar-refractivity contribution in [2.45, 2.75) is 53.0 Å². The van der Waals surface area contributed by atoms with Gasteiger partial charge in [-0.1, -0.05) is 58.9 Å². The molecule has 0 aliphatic carbocycles. The van der Waals surface area contributed by atoms with Gasteiger partial charge in [0.15, 0.2) is 5.78 Å². The maximum Gasteiger partial charge on any atom is 0.164 e. The van der Waals surface area contributed by atoms with Crippen LogP contribution in [0, 0.1) is 5.41 Å². The summed E-state index contributed by atoms with van der Waals surface area (Å²) in [6.45, 7) is 10.5. The van der Waals surface area contributed by atoms with Crippen LogP contribution in [0.2, 0.25) is 0 Å². The van der Waals surface area contributed by atoms with Crippen LogP contribution in [0.5, 0.6) is 0 Å². The van der Waals surface area contributed by atoms with E-state index in [1.807, 2.05) is 24.3 Å². The lowest BCUT2D eigenvalue weighted by molar-refractivity contribution is 0.0953. The Morgan fingerprint density at radius 3 is 2.06 bits per heavy atom. The number of hydrogen-bond donors (Lipinski definition) is 1. The van der Waals surface area contributed by atoms with Crippen LogP contribution < -0.4 is 5.73 Å². The lowest BCUT2D eigenvalue weighted by Crippen LogP contribution is -2.36. The Kier molecular flexibility index (Phi) is 4.69. The van der Waals surface area contributed by atoms with Crippen molar-refractivity contribution in [3.05, 3.63) is 35.4 Å². The Hall–Kier alpha value is -1.15. The molecule has 0 aliphatic heterocycles. The molecule has 1 aromatic carbocycles. The second kappa shape index (κ2) is 5.66. The zero-order valence-corrected chi connectivity index (χ0v) is 12.2. The number of carbonyl (C=O) groups excluding carboxylic acids is 1. The molecule has 0 fully saturated rings. The van der Waals surface area contributed by atoms with E-state index in [2.05, 4.69) is 34.6 Å². The highest BCUT2D eigenvalue weighted by Gasteiger charge is 2.23. The Bertz CT molecular complexity index is 398. The van der Waals surface area contributed by atoms with Crippen molar-refractivity contribution >= 4 is 5.78 Å². The van der Waals surface area contributed by atoms with Crippen molar-refractivity contribution in [1.29, 1.82) is 0 Å². The van der Waals surface area contributed by atoms with Gasteiger partial charge in [-0.05, 0) is 16.9 Å². The van der Waals surface area contributed by atoms with Crippen LogP contribution in [0.3, 0.4) is 0 Å². The quantitative estimate of drug-likeness (QED) is 0.823. The van der Waals surface area contributed by atoms with Crippen molar-refractivity contribution in [1.82, 2.24) is 0 Å². The highest BCUT2D eigenvalue weighted by molar-refractivity contribution is 5.96. The lowest BCUT2D eigenvalue weighted by Gasteiger charge is -2.26. The predicted molar refractivity (Wildman–Crippen MR) is 76.9 cm³/mol.